The minimum Gasteiger partial charge on any atom is -0.393 e. The first kappa shape index (κ1) is 21.4. The zero-order valence-corrected chi connectivity index (χ0v) is 16.9. The summed E-state index contributed by atoms with van der Waals surface area (Å²) >= 11 is 0. The standard InChI is InChI=1S/C22H40O2/c1-7-18(16(5)10-12-19(23)8-2)11-9-17(6)20-13-14-21(24)22(20)15(3)4/h15-19,23H,7-14H2,1-6H3/t16-,17+,18+,19+/m0/s1. The number of hydrogen-bond acceptors (Lipinski definition) is 2. The van der Waals surface area contributed by atoms with Gasteiger partial charge in [0, 0.05) is 6.42 Å². The van der Waals surface area contributed by atoms with Crippen LogP contribution in [0.2, 0.25) is 0 Å². The van der Waals surface area contributed by atoms with Crippen LogP contribution in [0, 0.1) is 23.7 Å². The van der Waals surface area contributed by atoms with Crippen molar-refractivity contribution >= 4 is 5.78 Å². The van der Waals surface area contributed by atoms with Crippen LogP contribution in [0.3, 0.4) is 0 Å². The maximum absolute atomic E-state index is 12.1. The summed E-state index contributed by atoms with van der Waals surface area (Å²) in [6.45, 7) is 13.3. The highest BCUT2D eigenvalue weighted by atomic mass is 16.3. The summed E-state index contributed by atoms with van der Waals surface area (Å²) in [6.07, 6.45) is 8.15. The zero-order valence-electron chi connectivity index (χ0n) is 16.9. The minimum atomic E-state index is -0.132. The number of aliphatic hydroxyl groups is 1. The first-order valence-electron chi connectivity index (χ1n) is 10.3. The van der Waals surface area contributed by atoms with Gasteiger partial charge in [-0.25, -0.2) is 0 Å². The van der Waals surface area contributed by atoms with Crippen LogP contribution >= 0.6 is 0 Å². The van der Waals surface area contributed by atoms with Gasteiger partial charge in [-0.3, -0.25) is 4.79 Å². The topological polar surface area (TPSA) is 37.3 Å². The predicted octanol–water partition coefficient (Wildman–Crippen LogP) is 5.93. The molecule has 0 aromatic heterocycles. The lowest BCUT2D eigenvalue weighted by atomic mass is 9.80. The van der Waals surface area contributed by atoms with E-state index in [1.807, 2.05) is 0 Å². The van der Waals surface area contributed by atoms with Crippen LogP contribution < -0.4 is 0 Å². The van der Waals surface area contributed by atoms with E-state index in [9.17, 15) is 9.90 Å². The van der Waals surface area contributed by atoms with Crippen LogP contribution in [0.4, 0.5) is 0 Å². The molecular formula is C22H40O2. The average Bonchev–Trinajstić information content (AvgIpc) is 2.94. The molecule has 24 heavy (non-hydrogen) atoms. The molecule has 0 unspecified atom stereocenters. The van der Waals surface area contributed by atoms with E-state index in [-0.39, 0.29) is 6.10 Å². The number of hydrogen-bond donors (Lipinski definition) is 1. The largest absolute Gasteiger partial charge is 0.393 e. The van der Waals surface area contributed by atoms with Crippen LogP contribution in [0.15, 0.2) is 11.1 Å². The van der Waals surface area contributed by atoms with E-state index in [0.29, 0.717) is 23.5 Å². The van der Waals surface area contributed by atoms with E-state index in [0.717, 1.165) is 43.6 Å². The summed E-state index contributed by atoms with van der Waals surface area (Å²) < 4.78 is 0. The number of carbonyl (C=O) groups is 1. The molecule has 0 saturated carbocycles. The summed E-state index contributed by atoms with van der Waals surface area (Å²) in [7, 11) is 0. The fourth-order valence-electron chi connectivity index (χ4n) is 4.33. The average molecular weight is 337 g/mol. The Labute approximate surface area is 150 Å². The van der Waals surface area contributed by atoms with Crippen molar-refractivity contribution in [3.05, 3.63) is 11.1 Å². The molecule has 140 valence electrons. The van der Waals surface area contributed by atoms with Crippen LogP contribution in [0.5, 0.6) is 0 Å². The lowest BCUT2D eigenvalue weighted by Gasteiger charge is -2.26. The van der Waals surface area contributed by atoms with Crippen molar-refractivity contribution in [3.63, 3.8) is 0 Å². The van der Waals surface area contributed by atoms with E-state index < -0.39 is 0 Å². The number of allylic oxidation sites excluding steroid dienone is 2. The maximum Gasteiger partial charge on any atom is 0.159 e. The third-order valence-electron chi connectivity index (χ3n) is 6.17. The molecule has 2 nitrogen and oxygen atoms in total. The molecule has 1 rings (SSSR count). The van der Waals surface area contributed by atoms with Crippen molar-refractivity contribution in [1.29, 1.82) is 0 Å². The summed E-state index contributed by atoms with van der Waals surface area (Å²) in [4.78, 5) is 12.1. The molecule has 0 aliphatic heterocycles. The summed E-state index contributed by atoms with van der Waals surface area (Å²) in [6, 6.07) is 0. The Kier molecular flexibility index (Phi) is 9.26. The van der Waals surface area contributed by atoms with Gasteiger partial charge in [0.1, 0.15) is 0 Å². The zero-order chi connectivity index (χ0) is 18.3. The molecule has 0 aromatic rings. The number of aliphatic hydroxyl groups excluding tert-OH is 1. The molecule has 0 fully saturated rings. The van der Waals surface area contributed by atoms with Gasteiger partial charge in [0.05, 0.1) is 6.10 Å². The first-order valence-corrected chi connectivity index (χ1v) is 10.3. The van der Waals surface area contributed by atoms with Gasteiger partial charge >= 0.3 is 0 Å². The summed E-state index contributed by atoms with van der Waals surface area (Å²) in [5, 5.41) is 9.79. The Bertz CT molecular complexity index is 422. The number of rotatable bonds is 11. The molecule has 0 saturated heterocycles. The Hall–Kier alpha value is -0.630. The van der Waals surface area contributed by atoms with Crippen LogP contribution in [0.25, 0.3) is 0 Å². The SMILES string of the molecule is CC[C@@H](O)CC[C@H](C)[C@H](CC)CC[C@@H](C)C1=C(C(C)C)C(=O)CC1. The van der Waals surface area contributed by atoms with Gasteiger partial charge in [-0.15, -0.1) is 0 Å². The maximum atomic E-state index is 12.1. The van der Waals surface area contributed by atoms with E-state index in [2.05, 4.69) is 41.5 Å². The van der Waals surface area contributed by atoms with Gasteiger partial charge in [-0.2, -0.15) is 0 Å². The Morgan fingerprint density at radius 1 is 0.917 bits per heavy atom. The van der Waals surface area contributed by atoms with Gasteiger partial charge in [-0.1, -0.05) is 53.5 Å². The highest BCUT2D eigenvalue weighted by molar-refractivity contribution is 5.99. The van der Waals surface area contributed by atoms with Crippen molar-refractivity contribution in [2.24, 2.45) is 23.7 Å². The molecule has 0 radical (unpaired) electrons. The molecule has 4 atom stereocenters. The number of Topliss-reactive ketones (excluding diaryl/α,β-unsaturated/α-hetero) is 1. The highest BCUT2D eigenvalue weighted by Crippen LogP contribution is 2.37. The second-order valence-corrected chi connectivity index (χ2v) is 8.28. The fraction of sp³-hybridized carbons (Fsp3) is 0.864. The van der Waals surface area contributed by atoms with E-state index in [1.54, 1.807) is 0 Å². The van der Waals surface area contributed by atoms with E-state index in [4.69, 9.17) is 0 Å². The normalized spacial score (nSPS) is 20.6. The van der Waals surface area contributed by atoms with Crippen molar-refractivity contribution in [2.75, 3.05) is 0 Å². The van der Waals surface area contributed by atoms with Crippen molar-refractivity contribution in [2.45, 2.75) is 99.0 Å². The van der Waals surface area contributed by atoms with E-state index in [1.165, 1.54) is 24.8 Å². The third kappa shape index (κ3) is 6.02. The van der Waals surface area contributed by atoms with Crippen LogP contribution in [0.1, 0.15) is 92.9 Å². The lowest BCUT2D eigenvalue weighted by Crippen LogP contribution is -2.16. The van der Waals surface area contributed by atoms with Gasteiger partial charge in [0.15, 0.2) is 5.78 Å². The van der Waals surface area contributed by atoms with Crippen molar-refractivity contribution < 1.29 is 9.90 Å². The Morgan fingerprint density at radius 3 is 2.12 bits per heavy atom. The third-order valence-corrected chi connectivity index (χ3v) is 6.17. The van der Waals surface area contributed by atoms with Gasteiger partial charge in [0.25, 0.3) is 0 Å². The monoisotopic (exact) mass is 336 g/mol. The fourth-order valence-corrected chi connectivity index (χ4v) is 4.33. The molecule has 0 heterocycles. The molecule has 2 heteroatoms. The Balaban J connectivity index is 2.57. The summed E-state index contributed by atoms with van der Waals surface area (Å²) in [5.74, 6) is 2.70. The van der Waals surface area contributed by atoms with Crippen LogP contribution in [-0.4, -0.2) is 17.0 Å². The second-order valence-electron chi connectivity index (χ2n) is 8.28. The predicted molar refractivity (Wildman–Crippen MR) is 103 cm³/mol. The molecule has 1 aliphatic carbocycles. The lowest BCUT2D eigenvalue weighted by molar-refractivity contribution is -0.115. The second kappa shape index (κ2) is 10.4. The Morgan fingerprint density at radius 2 is 1.58 bits per heavy atom. The minimum absolute atomic E-state index is 0.132. The molecule has 0 aromatic carbocycles. The first-order chi connectivity index (χ1) is 11.3. The highest BCUT2D eigenvalue weighted by Gasteiger charge is 2.28. The van der Waals surface area contributed by atoms with Crippen molar-refractivity contribution in [1.82, 2.24) is 0 Å². The molecular weight excluding hydrogens is 296 g/mol. The van der Waals surface area contributed by atoms with Gasteiger partial charge in [-0.05, 0) is 67.8 Å². The van der Waals surface area contributed by atoms with Gasteiger partial charge < -0.3 is 5.11 Å². The molecule has 1 N–H and O–H groups in total. The van der Waals surface area contributed by atoms with E-state index >= 15 is 0 Å². The number of ketones is 1. The summed E-state index contributed by atoms with van der Waals surface area (Å²) in [5.41, 5.74) is 2.58. The molecule has 0 bridgehead atoms. The molecule has 0 spiro atoms. The van der Waals surface area contributed by atoms with Gasteiger partial charge in [0.2, 0.25) is 0 Å². The van der Waals surface area contributed by atoms with Crippen molar-refractivity contribution in [3.8, 4) is 0 Å². The quantitative estimate of drug-likeness (QED) is 0.507. The molecule has 1 aliphatic rings. The number of carbonyl (C=O) groups excluding carboxylic acids is 1. The van der Waals surface area contributed by atoms with Crippen LogP contribution in [-0.2, 0) is 4.79 Å². The smallest absolute Gasteiger partial charge is 0.159 e. The molecule has 0 amide bonds.